The zero-order valence-corrected chi connectivity index (χ0v) is 18.8. The Hall–Kier alpha value is -3.12. The van der Waals surface area contributed by atoms with Gasteiger partial charge in [-0.2, -0.15) is 5.10 Å². The van der Waals surface area contributed by atoms with E-state index in [0.29, 0.717) is 42.5 Å². The van der Waals surface area contributed by atoms with E-state index in [-0.39, 0.29) is 17.7 Å². The molecule has 2 fully saturated rings. The predicted octanol–water partition coefficient (Wildman–Crippen LogP) is 4.20. The molecule has 2 amide bonds. The van der Waals surface area contributed by atoms with Crippen molar-refractivity contribution in [2.75, 3.05) is 26.2 Å². The first-order valence-corrected chi connectivity index (χ1v) is 11.4. The van der Waals surface area contributed by atoms with Gasteiger partial charge in [-0.1, -0.05) is 53.6 Å². The van der Waals surface area contributed by atoms with Gasteiger partial charge >= 0.3 is 0 Å². The van der Waals surface area contributed by atoms with Crippen molar-refractivity contribution in [1.29, 1.82) is 0 Å². The van der Waals surface area contributed by atoms with Gasteiger partial charge in [0.1, 0.15) is 5.69 Å². The Labute approximate surface area is 192 Å². The maximum atomic E-state index is 13.5. The lowest BCUT2D eigenvalue weighted by Crippen LogP contribution is -2.51. The van der Waals surface area contributed by atoms with Gasteiger partial charge in [0.15, 0.2) is 0 Å². The SMILES string of the molecule is Cc1ccc(-c2nn(-c3ccccc3Cl)cc2C(=O)N2CCN(C(=O)C3CC3)CC2)cc1. The molecule has 1 saturated heterocycles. The highest BCUT2D eigenvalue weighted by Crippen LogP contribution is 2.32. The van der Waals surface area contributed by atoms with Crippen LogP contribution in [-0.2, 0) is 4.79 Å². The zero-order valence-electron chi connectivity index (χ0n) is 18.0. The van der Waals surface area contributed by atoms with Gasteiger partial charge in [-0.25, -0.2) is 4.68 Å². The highest BCUT2D eigenvalue weighted by atomic mass is 35.5. The molecule has 0 spiro atoms. The van der Waals surface area contributed by atoms with Crippen molar-refractivity contribution in [2.45, 2.75) is 19.8 Å². The summed E-state index contributed by atoms with van der Waals surface area (Å²) in [5.41, 5.74) is 3.92. The van der Waals surface area contributed by atoms with E-state index in [2.05, 4.69) is 0 Å². The highest BCUT2D eigenvalue weighted by molar-refractivity contribution is 6.32. The Kier molecular flexibility index (Phi) is 5.47. The molecule has 0 radical (unpaired) electrons. The lowest BCUT2D eigenvalue weighted by Gasteiger charge is -2.34. The minimum Gasteiger partial charge on any atom is -0.339 e. The van der Waals surface area contributed by atoms with Crippen molar-refractivity contribution in [3.05, 3.63) is 70.9 Å². The van der Waals surface area contributed by atoms with Gasteiger partial charge in [0.2, 0.25) is 5.91 Å². The van der Waals surface area contributed by atoms with E-state index in [1.165, 1.54) is 0 Å². The second-order valence-corrected chi connectivity index (χ2v) is 8.95. The van der Waals surface area contributed by atoms with Gasteiger partial charge in [0.25, 0.3) is 5.91 Å². The summed E-state index contributed by atoms with van der Waals surface area (Å²) in [6.45, 7) is 4.25. The Balaban J connectivity index is 1.45. The molecular formula is C25H25ClN4O2. The summed E-state index contributed by atoms with van der Waals surface area (Å²) in [6, 6.07) is 15.4. The van der Waals surface area contributed by atoms with Gasteiger partial charge in [0.05, 0.1) is 16.3 Å². The zero-order chi connectivity index (χ0) is 22.2. The van der Waals surface area contributed by atoms with Gasteiger partial charge < -0.3 is 9.80 Å². The van der Waals surface area contributed by atoms with Crippen molar-refractivity contribution in [3.8, 4) is 16.9 Å². The van der Waals surface area contributed by atoms with Crippen molar-refractivity contribution in [2.24, 2.45) is 5.92 Å². The molecule has 0 unspecified atom stereocenters. The van der Waals surface area contributed by atoms with Gasteiger partial charge in [-0.15, -0.1) is 0 Å². The number of hydrogen-bond donors (Lipinski definition) is 0. The lowest BCUT2D eigenvalue weighted by atomic mass is 10.1. The fourth-order valence-electron chi connectivity index (χ4n) is 4.10. The third-order valence-electron chi connectivity index (χ3n) is 6.17. The third kappa shape index (κ3) is 4.02. The maximum Gasteiger partial charge on any atom is 0.257 e. The summed E-state index contributed by atoms with van der Waals surface area (Å²) in [5.74, 6) is 0.376. The van der Waals surface area contributed by atoms with Crippen LogP contribution < -0.4 is 0 Å². The van der Waals surface area contributed by atoms with E-state index in [1.807, 2.05) is 65.3 Å². The molecule has 1 aliphatic heterocycles. The number of aryl methyl sites for hydroxylation is 1. The number of para-hydroxylation sites is 1. The molecule has 1 aromatic heterocycles. The summed E-state index contributed by atoms with van der Waals surface area (Å²) in [5, 5.41) is 5.32. The molecule has 1 aliphatic carbocycles. The van der Waals surface area contributed by atoms with Gasteiger partial charge in [-0.05, 0) is 31.9 Å². The van der Waals surface area contributed by atoms with Crippen molar-refractivity contribution < 1.29 is 9.59 Å². The summed E-state index contributed by atoms with van der Waals surface area (Å²) < 4.78 is 1.68. The quantitative estimate of drug-likeness (QED) is 0.601. The number of aromatic nitrogens is 2. The van der Waals surface area contributed by atoms with E-state index >= 15 is 0 Å². The molecule has 32 heavy (non-hydrogen) atoms. The summed E-state index contributed by atoms with van der Waals surface area (Å²) in [4.78, 5) is 29.6. The summed E-state index contributed by atoms with van der Waals surface area (Å²) in [6.07, 6.45) is 3.76. The molecule has 2 aliphatic rings. The lowest BCUT2D eigenvalue weighted by molar-refractivity contribution is -0.134. The van der Waals surface area contributed by atoms with Crippen LogP contribution in [0.25, 0.3) is 16.9 Å². The molecule has 1 saturated carbocycles. The second kappa shape index (κ2) is 8.43. The second-order valence-electron chi connectivity index (χ2n) is 8.55. The summed E-state index contributed by atoms with van der Waals surface area (Å²) >= 11 is 6.40. The molecule has 0 bridgehead atoms. The summed E-state index contributed by atoms with van der Waals surface area (Å²) in [7, 11) is 0. The molecule has 0 atom stereocenters. The minimum absolute atomic E-state index is 0.0719. The number of carbonyl (C=O) groups excluding carboxylic acids is 2. The third-order valence-corrected chi connectivity index (χ3v) is 6.49. The van der Waals surface area contributed by atoms with Crippen molar-refractivity contribution in [1.82, 2.24) is 19.6 Å². The molecule has 5 rings (SSSR count). The van der Waals surface area contributed by atoms with Crippen molar-refractivity contribution >= 4 is 23.4 Å². The first-order valence-electron chi connectivity index (χ1n) is 11.0. The molecular weight excluding hydrogens is 424 g/mol. The van der Waals surface area contributed by atoms with Gasteiger partial charge in [-0.3, -0.25) is 9.59 Å². The molecule has 2 aromatic carbocycles. The minimum atomic E-state index is -0.0719. The van der Waals surface area contributed by atoms with E-state index in [1.54, 1.807) is 10.9 Å². The normalized spacial score (nSPS) is 16.3. The van der Waals surface area contributed by atoms with Crippen LogP contribution in [0.15, 0.2) is 54.7 Å². The molecule has 0 N–H and O–H groups in total. The number of rotatable bonds is 4. The number of carbonyl (C=O) groups is 2. The number of amides is 2. The van der Waals surface area contributed by atoms with E-state index in [0.717, 1.165) is 29.7 Å². The fourth-order valence-corrected chi connectivity index (χ4v) is 4.33. The monoisotopic (exact) mass is 448 g/mol. The highest BCUT2D eigenvalue weighted by Gasteiger charge is 2.35. The van der Waals surface area contributed by atoms with Crippen LogP contribution in [0, 0.1) is 12.8 Å². The first kappa shape index (κ1) is 20.8. The molecule has 2 heterocycles. The molecule has 164 valence electrons. The van der Waals surface area contributed by atoms with Gasteiger partial charge in [0, 0.05) is 43.9 Å². The Bertz CT molecular complexity index is 1160. The number of hydrogen-bond acceptors (Lipinski definition) is 3. The van der Waals surface area contributed by atoms with E-state index in [4.69, 9.17) is 16.7 Å². The van der Waals surface area contributed by atoms with Crippen LogP contribution in [0.3, 0.4) is 0 Å². The Morgan fingerprint density at radius 3 is 2.25 bits per heavy atom. The fraction of sp³-hybridized carbons (Fsp3) is 0.320. The van der Waals surface area contributed by atoms with Crippen molar-refractivity contribution in [3.63, 3.8) is 0 Å². The van der Waals surface area contributed by atoms with Crippen LogP contribution in [0.4, 0.5) is 0 Å². The maximum absolute atomic E-state index is 13.5. The first-order chi connectivity index (χ1) is 15.5. The molecule has 7 heteroatoms. The standard InChI is InChI=1S/C25H25ClN4O2/c1-17-6-8-18(9-7-17)23-20(16-30(27-23)22-5-3-2-4-21(22)26)25(32)29-14-12-28(13-15-29)24(31)19-10-11-19/h2-9,16,19H,10-15H2,1H3. The van der Waals surface area contributed by atoms with Crippen LogP contribution in [0.1, 0.15) is 28.8 Å². The van der Waals surface area contributed by atoms with Crippen LogP contribution in [0.5, 0.6) is 0 Å². The molecule has 6 nitrogen and oxygen atoms in total. The predicted molar refractivity (Wildman–Crippen MR) is 124 cm³/mol. The van der Waals surface area contributed by atoms with Crippen LogP contribution in [-0.4, -0.2) is 57.6 Å². The number of benzene rings is 2. The van der Waals surface area contributed by atoms with Crippen LogP contribution >= 0.6 is 11.6 Å². The largest absolute Gasteiger partial charge is 0.339 e. The molecule has 3 aromatic rings. The number of nitrogens with zero attached hydrogens (tertiary/aromatic N) is 4. The van der Waals surface area contributed by atoms with Crippen LogP contribution in [0.2, 0.25) is 5.02 Å². The smallest absolute Gasteiger partial charge is 0.257 e. The Morgan fingerprint density at radius 2 is 1.59 bits per heavy atom. The Morgan fingerprint density at radius 1 is 0.938 bits per heavy atom. The van der Waals surface area contributed by atoms with E-state index in [9.17, 15) is 9.59 Å². The number of piperazine rings is 1. The average molecular weight is 449 g/mol. The number of halogens is 1. The van der Waals surface area contributed by atoms with E-state index < -0.39 is 0 Å². The average Bonchev–Trinajstić information content (AvgIpc) is 3.58. The topological polar surface area (TPSA) is 58.4 Å².